The first-order valence-electron chi connectivity index (χ1n) is 7.38. The Morgan fingerprint density at radius 2 is 1.58 bits per heavy atom. The van der Waals surface area contributed by atoms with Crippen LogP contribution in [0.15, 0.2) is 0 Å². The molecule has 5 nitrogen and oxygen atoms in total. The molecule has 0 aromatic heterocycles. The summed E-state index contributed by atoms with van der Waals surface area (Å²) in [5.41, 5.74) is 0. The minimum atomic E-state index is 0.359. The lowest BCUT2D eigenvalue weighted by atomic mass is 10.2. The Morgan fingerprint density at radius 3 is 2.00 bits per heavy atom. The van der Waals surface area contributed by atoms with Crippen LogP contribution >= 0.6 is 0 Å². The molecule has 116 valence electrons. The quantitative estimate of drug-likeness (QED) is 0.479. The van der Waals surface area contributed by atoms with E-state index in [0.29, 0.717) is 6.04 Å². The maximum atomic E-state index is 5.44. The fourth-order valence-electron chi connectivity index (χ4n) is 1.95. The van der Waals surface area contributed by atoms with Crippen molar-refractivity contribution in [2.45, 2.75) is 26.8 Å². The lowest BCUT2D eigenvalue weighted by Crippen LogP contribution is -2.45. The predicted octanol–water partition coefficient (Wildman–Crippen LogP) is 0.986. The van der Waals surface area contributed by atoms with Crippen molar-refractivity contribution >= 4 is 0 Å². The van der Waals surface area contributed by atoms with Gasteiger partial charge in [0.05, 0.1) is 19.8 Å². The molecule has 0 aromatic carbocycles. The molecule has 0 radical (unpaired) electrons. The zero-order valence-corrected chi connectivity index (χ0v) is 13.1. The van der Waals surface area contributed by atoms with Gasteiger partial charge in [-0.15, -0.1) is 0 Å². The summed E-state index contributed by atoms with van der Waals surface area (Å²) in [5, 5.41) is 3.45. The standard InChI is InChI=1S/C14H32N2O3/c1-5-15-14(13-17-4)12-16(8-10-18-6-2)9-11-19-7-3/h14-15H,5-13H2,1-4H3. The highest BCUT2D eigenvalue weighted by atomic mass is 16.5. The van der Waals surface area contributed by atoms with Gasteiger partial charge in [0.25, 0.3) is 0 Å². The monoisotopic (exact) mass is 276 g/mol. The van der Waals surface area contributed by atoms with Gasteiger partial charge in [0.2, 0.25) is 0 Å². The summed E-state index contributed by atoms with van der Waals surface area (Å²) in [6.07, 6.45) is 0. The zero-order valence-electron chi connectivity index (χ0n) is 13.1. The number of methoxy groups -OCH3 is 1. The SMILES string of the molecule is CCNC(COC)CN(CCOCC)CCOCC. The molecule has 1 N–H and O–H groups in total. The third kappa shape index (κ3) is 11.3. The minimum absolute atomic E-state index is 0.359. The van der Waals surface area contributed by atoms with E-state index in [4.69, 9.17) is 14.2 Å². The molecule has 0 saturated carbocycles. The molecule has 1 atom stereocenters. The van der Waals surface area contributed by atoms with Gasteiger partial charge in [-0.05, 0) is 20.4 Å². The van der Waals surface area contributed by atoms with Crippen molar-refractivity contribution < 1.29 is 14.2 Å². The molecule has 0 bridgehead atoms. The van der Waals surface area contributed by atoms with E-state index in [1.807, 2.05) is 13.8 Å². The second kappa shape index (κ2) is 14.2. The Labute approximate surface area is 118 Å². The molecule has 0 amide bonds. The average molecular weight is 276 g/mol. The van der Waals surface area contributed by atoms with E-state index in [1.165, 1.54) is 0 Å². The van der Waals surface area contributed by atoms with Gasteiger partial charge in [-0.25, -0.2) is 0 Å². The predicted molar refractivity (Wildman–Crippen MR) is 78.8 cm³/mol. The lowest BCUT2D eigenvalue weighted by molar-refractivity contribution is 0.0695. The van der Waals surface area contributed by atoms with Crippen LogP contribution in [0.25, 0.3) is 0 Å². The molecule has 0 aliphatic carbocycles. The molecule has 0 aromatic rings. The van der Waals surface area contributed by atoms with Crippen LogP contribution in [0.2, 0.25) is 0 Å². The van der Waals surface area contributed by atoms with Crippen molar-refractivity contribution in [3.05, 3.63) is 0 Å². The topological polar surface area (TPSA) is 43.0 Å². The second-order valence-corrected chi connectivity index (χ2v) is 4.40. The lowest BCUT2D eigenvalue weighted by Gasteiger charge is -2.27. The van der Waals surface area contributed by atoms with Gasteiger partial charge < -0.3 is 19.5 Å². The second-order valence-electron chi connectivity index (χ2n) is 4.40. The molecular weight excluding hydrogens is 244 g/mol. The molecule has 0 heterocycles. The van der Waals surface area contributed by atoms with Crippen molar-refractivity contribution in [1.82, 2.24) is 10.2 Å². The van der Waals surface area contributed by atoms with Gasteiger partial charge >= 0.3 is 0 Å². The van der Waals surface area contributed by atoms with Gasteiger partial charge in [0.15, 0.2) is 0 Å². The Balaban J connectivity index is 4.09. The molecule has 19 heavy (non-hydrogen) atoms. The van der Waals surface area contributed by atoms with Crippen molar-refractivity contribution in [3.63, 3.8) is 0 Å². The molecule has 0 aliphatic heterocycles. The molecular formula is C14H32N2O3. The Hall–Kier alpha value is -0.200. The van der Waals surface area contributed by atoms with Crippen LogP contribution in [-0.4, -0.2) is 77.3 Å². The third-order valence-corrected chi connectivity index (χ3v) is 2.85. The van der Waals surface area contributed by atoms with Crippen LogP contribution in [0.1, 0.15) is 20.8 Å². The van der Waals surface area contributed by atoms with E-state index in [-0.39, 0.29) is 0 Å². The smallest absolute Gasteiger partial charge is 0.0628 e. The molecule has 0 saturated heterocycles. The number of rotatable bonds is 14. The molecule has 0 fully saturated rings. The number of nitrogens with one attached hydrogen (secondary N) is 1. The fraction of sp³-hybridized carbons (Fsp3) is 1.00. The van der Waals surface area contributed by atoms with E-state index in [2.05, 4.69) is 17.1 Å². The summed E-state index contributed by atoms with van der Waals surface area (Å²) < 4.78 is 16.1. The van der Waals surface area contributed by atoms with E-state index in [9.17, 15) is 0 Å². The molecule has 0 rings (SSSR count). The van der Waals surface area contributed by atoms with Crippen LogP contribution in [0.3, 0.4) is 0 Å². The summed E-state index contributed by atoms with van der Waals surface area (Å²) in [5.74, 6) is 0. The van der Waals surface area contributed by atoms with Crippen molar-refractivity contribution in [3.8, 4) is 0 Å². The summed E-state index contributed by atoms with van der Waals surface area (Å²) in [6.45, 7) is 13.8. The first-order valence-corrected chi connectivity index (χ1v) is 7.38. The highest BCUT2D eigenvalue weighted by Gasteiger charge is 2.13. The third-order valence-electron chi connectivity index (χ3n) is 2.85. The van der Waals surface area contributed by atoms with Gasteiger partial charge in [-0.2, -0.15) is 0 Å². The number of hydrogen-bond acceptors (Lipinski definition) is 5. The molecule has 0 spiro atoms. The first-order chi connectivity index (χ1) is 9.28. The van der Waals surface area contributed by atoms with Crippen LogP contribution in [0.4, 0.5) is 0 Å². The first kappa shape index (κ1) is 18.8. The molecule has 1 unspecified atom stereocenters. The Morgan fingerprint density at radius 1 is 1.00 bits per heavy atom. The minimum Gasteiger partial charge on any atom is -0.383 e. The van der Waals surface area contributed by atoms with Gasteiger partial charge in [0.1, 0.15) is 0 Å². The number of hydrogen-bond donors (Lipinski definition) is 1. The van der Waals surface area contributed by atoms with Crippen LogP contribution in [0.5, 0.6) is 0 Å². The normalized spacial score (nSPS) is 13.1. The van der Waals surface area contributed by atoms with E-state index in [0.717, 1.165) is 59.2 Å². The van der Waals surface area contributed by atoms with E-state index in [1.54, 1.807) is 7.11 Å². The maximum absolute atomic E-state index is 5.44. The van der Waals surface area contributed by atoms with E-state index >= 15 is 0 Å². The van der Waals surface area contributed by atoms with Crippen molar-refractivity contribution in [1.29, 1.82) is 0 Å². The summed E-state index contributed by atoms with van der Waals surface area (Å²) in [7, 11) is 1.75. The summed E-state index contributed by atoms with van der Waals surface area (Å²) in [6, 6.07) is 0.359. The van der Waals surface area contributed by atoms with Gasteiger partial charge in [0, 0.05) is 46.0 Å². The fourth-order valence-corrected chi connectivity index (χ4v) is 1.95. The van der Waals surface area contributed by atoms with Gasteiger partial charge in [-0.1, -0.05) is 6.92 Å². The van der Waals surface area contributed by atoms with Crippen LogP contribution in [-0.2, 0) is 14.2 Å². The summed E-state index contributed by atoms with van der Waals surface area (Å²) in [4.78, 5) is 2.37. The number of ether oxygens (including phenoxy) is 3. The number of nitrogens with zero attached hydrogens (tertiary/aromatic N) is 1. The maximum Gasteiger partial charge on any atom is 0.0628 e. The van der Waals surface area contributed by atoms with Crippen LogP contribution in [0, 0.1) is 0 Å². The van der Waals surface area contributed by atoms with E-state index < -0.39 is 0 Å². The highest BCUT2D eigenvalue weighted by molar-refractivity contribution is 4.71. The Bertz CT molecular complexity index is 166. The number of likely N-dealkylation sites (N-methyl/N-ethyl adjacent to an activating group) is 1. The molecule has 5 heteroatoms. The van der Waals surface area contributed by atoms with Gasteiger partial charge in [-0.3, -0.25) is 4.90 Å². The zero-order chi connectivity index (χ0) is 14.3. The average Bonchev–Trinajstić information content (AvgIpc) is 2.39. The largest absolute Gasteiger partial charge is 0.383 e. The van der Waals surface area contributed by atoms with Crippen LogP contribution < -0.4 is 5.32 Å². The van der Waals surface area contributed by atoms with Crippen molar-refractivity contribution in [2.24, 2.45) is 0 Å². The molecule has 0 aliphatic rings. The highest BCUT2D eigenvalue weighted by Crippen LogP contribution is 1.96. The summed E-state index contributed by atoms with van der Waals surface area (Å²) >= 11 is 0. The Kier molecular flexibility index (Phi) is 14.1. The van der Waals surface area contributed by atoms with Crippen molar-refractivity contribution in [2.75, 3.05) is 66.3 Å².